The van der Waals surface area contributed by atoms with Crippen LogP contribution in [0.1, 0.15) is 35.0 Å². The van der Waals surface area contributed by atoms with Crippen LogP contribution in [0.3, 0.4) is 0 Å². The van der Waals surface area contributed by atoms with Crippen molar-refractivity contribution in [2.24, 2.45) is 0 Å². The first-order valence-electron chi connectivity index (χ1n) is 9.13. The lowest BCUT2D eigenvalue weighted by molar-refractivity contribution is -0.135. The minimum absolute atomic E-state index is 0.0336. The maximum atomic E-state index is 13.6. The highest BCUT2D eigenvalue weighted by Crippen LogP contribution is 2.22. The number of ether oxygens (including phenoxy) is 1. The second-order valence-corrected chi connectivity index (χ2v) is 9.25. The van der Waals surface area contributed by atoms with Gasteiger partial charge in [0, 0.05) is 19.7 Å². The summed E-state index contributed by atoms with van der Waals surface area (Å²) in [6, 6.07) is 8.99. The van der Waals surface area contributed by atoms with Crippen molar-refractivity contribution in [3.8, 4) is 0 Å². The smallest absolute Gasteiger partial charge is 0.262 e. The first kappa shape index (κ1) is 21.0. The number of hydrogen-bond acceptors (Lipinski definition) is 4. The zero-order valence-corrected chi connectivity index (χ0v) is 17.9. The van der Waals surface area contributed by atoms with Gasteiger partial charge < -0.3 is 15.0 Å². The highest BCUT2D eigenvalue weighted by atomic mass is 79.9. The minimum atomic E-state index is -0.705. The van der Waals surface area contributed by atoms with Crippen molar-refractivity contribution in [3.63, 3.8) is 0 Å². The predicted molar refractivity (Wildman–Crippen MR) is 110 cm³/mol. The number of nitrogens with zero attached hydrogens (tertiary/aromatic N) is 1. The normalized spacial score (nSPS) is 17.3. The fourth-order valence-corrected chi connectivity index (χ4v) is 4.45. The molecule has 0 radical (unpaired) electrons. The second kappa shape index (κ2) is 9.62. The van der Waals surface area contributed by atoms with Gasteiger partial charge in [-0.25, -0.2) is 4.39 Å². The SMILES string of the molecule is CC(NC(=O)c1ccc(Br)s1)C(=O)N(Cc1cccc(F)c1)CC1CCCO1. The lowest BCUT2D eigenvalue weighted by Crippen LogP contribution is -2.48. The van der Waals surface area contributed by atoms with E-state index >= 15 is 0 Å². The molecule has 1 aliphatic rings. The predicted octanol–water partition coefficient (Wildman–Crippen LogP) is 3.98. The van der Waals surface area contributed by atoms with Gasteiger partial charge in [0.2, 0.25) is 5.91 Å². The third-order valence-electron chi connectivity index (χ3n) is 4.54. The quantitative estimate of drug-likeness (QED) is 0.668. The Morgan fingerprint density at radius 1 is 1.39 bits per heavy atom. The number of carbonyl (C=O) groups is 2. The molecule has 0 spiro atoms. The number of nitrogens with one attached hydrogen (secondary N) is 1. The van der Waals surface area contributed by atoms with Gasteiger partial charge in [-0.1, -0.05) is 12.1 Å². The van der Waals surface area contributed by atoms with Gasteiger partial charge in [0.25, 0.3) is 5.91 Å². The Hall–Kier alpha value is -1.77. The number of rotatable bonds is 7. The molecule has 1 aliphatic heterocycles. The molecule has 0 saturated carbocycles. The minimum Gasteiger partial charge on any atom is -0.376 e. The van der Waals surface area contributed by atoms with E-state index < -0.39 is 6.04 Å². The highest BCUT2D eigenvalue weighted by molar-refractivity contribution is 9.11. The van der Waals surface area contributed by atoms with E-state index in [1.54, 1.807) is 36.1 Å². The molecular weight excluding hydrogens is 447 g/mol. The Labute approximate surface area is 176 Å². The number of benzene rings is 1. The van der Waals surface area contributed by atoms with Crippen molar-refractivity contribution in [2.45, 2.75) is 38.5 Å². The molecule has 2 aromatic rings. The van der Waals surface area contributed by atoms with Gasteiger partial charge in [-0.2, -0.15) is 0 Å². The molecule has 28 heavy (non-hydrogen) atoms. The molecule has 150 valence electrons. The third-order valence-corrected chi connectivity index (χ3v) is 6.16. The van der Waals surface area contributed by atoms with Crippen molar-refractivity contribution < 1.29 is 18.7 Å². The van der Waals surface area contributed by atoms with Crippen molar-refractivity contribution in [1.82, 2.24) is 10.2 Å². The molecule has 0 aliphatic carbocycles. The molecular formula is C20H22BrFN2O3S. The van der Waals surface area contributed by atoms with Crippen molar-refractivity contribution in [3.05, 3.63) is 56.4 Å². The number of amides is 2. The summed E-state index contributed by atoms with van der Waals surface area (Å²) in [6.07, 6.45) is 1.82. The Balaban J connectivity index is 1.69. The van der Waals surface area contributed by atoms with Gasteiger partial charge in [0.05, 0.1) is 14.8 Å². The van der Waals surface area contributed by atoms with E-state index in [1.165, 1.54) is 23.5 Å². The molecule has 8 heteroatoms. The Kier molecular flexibility index (Phi) is 7.20. The van der Waals surface area contributed by atoms with Gasteiger partial charge >= 0.3 is 0 Å². The van der Waals surface area contributed by atoms with E-state index in [9.17, 15) is 14.0 Å². The van der Waals surface area contributed by atoms with Gasteiger partial charge in [0.1, 0.15) is 11.9 Å². The van der Waals surface area contributed by atoms with Crippen LogP contribution in [0, 0.1) is 5.82 Å². The van der Waals surface area contributed by atoms with Crippen molar-refractivity contribution in [2.75, 3.05) is 13.2 Å². The summed E-state index contributed by atoms with van der Waals surface area (Å²) in [5.41, 5.74) is 0.701. The standard InChI is InChI=1S/C20H22BrFN2O3S/c1-13(23-19(25)17-7-8-18(21)28-17)20(26)24(12-16-6-3-9-27-16)11-14-4-2-5-15(22)10-14/h2,4-5,7-8,10,13,16H,3,6,9,11-12H2,1H3,(H,23,25). The lowest BCUT2D eigenvalue weighted by atomic mass is 10.1. The van der Waals surface area contributed by atoms with Gasteiger partial charge in [-0.3, -0.25) is 9.59 Å². The van der Waals surface area contributed by atoms with Crippen LogP contribution in [0.2, 0.25) is 0 Å². The van der Waals surface area contributed by atoms with Crippen LogP contribution < -0.4 is 5.32 Å². The van der Waals surface area contributed by atoms with Crippen LogP contribution in [0.5, 0.6) is 0 Å². The zero-order valence-electron chi connectivity index (χ0n) is 15.5. The molecule has 1 N–H and O–H groups in total. The lowest BCUT2D eigenvalue weighted by Gasteiger charge is -2.28. The second-order valence-electron chi connectivity index (χ2n) is 6.78. The Morgan fingerprint density at radius 2 is 2.21 bits per heavy atom. The highest BCUT2D eigenvalue weighted by Gasteiger charge is 2.27. The fourth-order valence-electron chi connectivity index (χ4n) is 3.16. The molecule has 1 aromatic carbocycles. The van der Waals surface area contributed by atoms with Gasteiger partial charge in [-0.05, 0) is 65.5 Å². The number of thiophene rings is 1. The summed E-state index contributed by atoms with van der Waals surface area (Å²) in [4.78, 5) is 27.6. The molecule has 2 atom stereocenters. The van der Waals surface area contributed by atoms with Crippen LogP contribution in [-0.4, -0.2) is 42.0 Å². The van der Waals surface area contributed by atoms with Crippen LogP contribution >= 0.6 is 27.3 Å². The molecule has 1 saturated heterocycles. The first-order chi connectivity index (χ1) is 13.4. The number of carbonyl (C=O) groups excluding carboxylic acids is 2. The summed E-state index contributed by atoms with van der Waals surface area (Å²) in [5.74, 6) is -0.852. The molecule has 2 amide bonds. The summed E-state index contributed by atoms with van der Waals surface area (Å²) >= 11 is 4.64. The van der Waals surface area contributed by atoms with E-state index in [1.807, 2.05) is 0 Å². The molecule has 5 nitrogen and oxygen atoms in total. The van der Waals surface area contributed by atoms with Gasteiger partial charge in [-0.15, -0.1) is 11.3 Å². The maximum Gasteiger partial charge on any atom is 0.262 e. The summed E-state index contributed by atoms with van der Waals surface area (Å²) in [5, 5.41) is 2.76. The molecule has 2 heterocycles. The molecule has 0 bridgehead atoms. The zero-order chi connectivity index (χ0) is 20.1. The van der Waals surface area contributed by atoms with Crippen LogP contribution in [0.4, 0.5) is 4.39 Å². The van der Waals surface area contributed by atoms with Crippen LogP contribution in [-0.2, 0) is 16.1 Å². The average Bonchev–Trinajstić information content (AvgIpc) is 3.32. The Bertz CT molecular complexity index is 838. The summed E-state index contributed by atoms with van der Waals surface area (Å²) in [6.45, 7) is 3.03. The van der Waals surface area contributed by atoms with Gasteiger partial charge in [0.15, 0.2) is 0 Å². The first-order valence-corrected chi connectivity index (χ1v) is 10.7. The third kappa shape index (κ3) is 5.62. The van der Waals surface area contributed by atoms with E-state index in [4.69, 9.17) is 4.74 Å². The molecule has 1 aromatic heterocycles. The van der Waals surface area contributed by atoms with Crippen LogP contribution in [0.15, 0.2) is 40.2 Å². The van der Waals surface area contributed by atoms with Crippen LogP contribution in [0.25, 0.3) is 0 Å². The largest absolute Gasteiger partial charge is 0.376 e. The fraction of sp³-hybridized carbons (Fsp3) is 0.400. The monoisotopic (exact) mass is 468 g/mol. The molecule has 2 unspecified atom stereocenters. The van der Waals surface area contributed by atoms with E-state index in [0.29, 0.717) is 23.6 Å². The number of hydrogen-bond donors (Lipinski definition) is 1. The summed E-state index contributed by atoms with van der Waals surface area (Å²) in [7, 11) is 0. The molecule has 1 fully saturated rings. The number of halogens is 2. The molecule has 3 rings (SSSR count). The van der Waals surface area contributed by atoms with Crippen molar-refractivity contribution >= 4 is 39.1 Å². The Morgan fingerprint density at radius 3 is 2.86 bits per heavy atom. The van der Waals surface area contributed by atoms with E-state index in [2.05, 4.69) is 21.2 Å². The van der Waals surface area contributed by atoms with E-state index in [0.717, 1.165) is 16.6 Å². The van der Waals surface area contributed by atoms with E-state index in [-0.39, 0.29) is 30.3 Å². The summed E-state index contributed by atoms with van der Waals surface area (Å²) < 4.78 is 20.1. The maximum absolute atomic E-state index is 13.6. The van der Waals surface area contributed by atoms with Crippen molar-refractivity contribution in [1.29, 1.82) is 0 Å². The average molecular weight is 469 g/mol. The topological polar surface area (TPSA) is 58.6 Å².